The van der Waals surface area contributed by atoms with Crippen molar-refractivity contribution in [2.45, 2.75) is 27.3 Å². The molecule has 0 saturated heterocycles. The number of rotatable bonds is 5. The van der Waals surface area contributed by atoms with Gasteiger partial charge in [0.1, 0.15) is 6.54 Å². The topological polar surface area (TPSA) is 30.0 Å². The Hall–Kier alpha value is 0.962. The van der Waals surface area contributed by atoms with Crippen LogP contribution in [0.25, 0.3) is 0 Å². The molecule has 0 fully saturated rings. The molecule has 1 N–H and O–H groups in total. The Morgan fingerprint density at radius 3 is 1.50 bits per heavy atom. The maximum absolute atomic E-state index is 5.03. The molecule has 121 valence electrons. The Morgan fingerprint density at radius 1 is 0.850 bits per heavy atom. The first kappa shape index (κ1) is 23.2. The zero-order chi connectivity index (χ0) is 14.9. The maximum Gasteiger partial charge on any atom is -0.870 e. The van der Waals surface area contributed by atoms with Gasteiger partial charge in [-0.25, -0.2) is 0 Å². The summed E-state index contributed by atoms with van der Waals surface area (Å²) in [6.45, 7) is 11.7. The summed E-state index contributed by atoms with van der Waals surface area (Å²) in [6, 6.07) is 10.8. The van der Waals surface area contributed by atoms with E-state index < -0.39 is 11.5 Å². The van der Waals surface area contributed by atoms with Crippen LogP contribution in [0.2, 0.25) is 0 Å². The van der Waals surface area contributed by atoms with Crippen molar-refractivity contribution >= 4 is 38.1 Å². The van der Waals surface area contributed by atoms with Crippen LogP contribution >= 0.6 is 38.1 Å². The molecular weight excluding hydrogens is 514 g/mol. The smallest absolute Gasteiger partial charge is 0.870 e. The van der Waals surface area contributed by atoms with Crippen molar-refractivity contribution in [2.24, 2.45) is 0 Å². The Bertz CT molecular complexity index is 328. The third-order valence-electron chi connectivity index (χ3n) is 3.37. The molecule has 2 nitrogen and oxygen atoms in total. The Kier molecular flexibility index (Phi) is 13.4. The average molecular weight is 537 g/mol. The molecule has 0 spiro atoms. The second-order valence-electron chi connectivity index (χ2n) is 4.26. The SMILES string of the molecule is CC[N+](CC)(CC)Cc1ccccc1.[Cl][Re]([Cl])([Cl])[Cl].[OH-]. The van der Waals surface area contributed by atoms with Gasteiger partial charge >= 0.3 is 49.6 Å². The van der Waals surface area contributed by atoms with Gasteiger partial charge in [0.2, 0.25) is 0 Å². The molecule has 0 aromatic heterocycles. The summed E-state index contributed by atoms with van der Waals surface area (Å²) in [7, 11) is 20.1. The van der Waals surface area contributed by atoms with Crippen LogP contribution in [0.4, 0.5) is 0 Å². The number of nitrogens with zero attached hydrogens (tertiary/aromatic N) is 1. The van der Waals surface area contributed by atoms with Gasteiger partial charge in [0.15, 0.2) is 0 Å². The summed E-state index contributed by atoms with van der Waals surface area (Å²) < 4.78 is 1.20. The van der Waals surface area contributed by atoms with Gasteiger partial charge in [-0.1, -0.05) is 30.3 Å². The van der Waals surface area contributed by atoms with Crippen molar-refractivity contribution < 1.29 is 21.4 Å². The molecule has 0 aliphatic rings. The van der Waals surface area contributed by atoms with E-state index in [9.17, 15) is 0 Å². The molecule has 0 unspecified atom stereocenters. The third-order valence-corrected chi connectivity index (χ3v) is 3.37. The van der Waals surface area contributed by atoms with Crippen molar-refractivity contribution in [1.29, 1.82) is 0 Å². The monoisotopic (exact) mass is 536 g/mol. The van der Waals surface area contributed by atoms with Crippen LogP contribution in [0.3, 0.4) is 0 Å². The predicted molar refractivity (Wildman–Crippen MR) is 87.4 cm³/mol. The van der Waals surface area contributed by atoms with E-state index in [0.29, 0.717) is 0 Å². The summed E-state index contributed by atoms with van der Waals surface area (Å²) in [5.41, 5.74) is 1.46. The molecule has 0 aliphatic heterocycles. The minimum Gasteiger partial charge on any atom is -0.870 e. The molecule has 20 heavy (non-hydrogen) atoms. The largest absolute Gasteiger partial charge is 0.870 e. The molecule has 1 aromatic carbocycles. The molecule has 0 aliphatic carbocycles. The average Bonchev–Trinajstić information content (AvgIpc) is 2.35. The number of benzene rings is 1. The van der Waals surface area contributed by atoms with E-state index >= 15 is 0 Å². The Balaban J connectivity index is 0. The number of hydrogen-bond donors (Lipinski definition) is 0. The fourth-order valence-corrected chi connectivity index (χ4v) is 1.98. The quantitative estimate of drug-likeness (QED) is 0.448. The van der Waals surface area contributed by atoms with E-state index in [1.165, 1.54) is 36.2 Å². The molecule has 0 saturated carbocycles. The van der Waals surface area contributed by atoms with Gasteiger partial charge in [-0.3, -0.25) is 0 Å². The van der Waals surface area contributed by atoms with Gasteiger partial charge in [0.25, 0.3) is 0 Å². The fraction of sp³-hybridized carbons (Fsp3) is 0.538. The van der Waals surface area contributed by atoms with E-state index in [0.717, 1.165) is 0 Å². The van der Waals surface area contributed by atoms with Gasteiger partial charge in [-0.05, 0) is 20.8 Å². The summed E-state index contributed by atoms with van der Waals surface area (Å²) in [5, 5.41) is 0. The van der Waals surface area contributed by atoms with Crippen molar-refractivity contribution in [1.82, 2.24) is 0 Å². The minimum atomic E-state index is -3.22. The molecule has 1 aromatic rings. The summed E-state index contributed by atoms with van der Waals surface area (Å²) in [5.74, 6) is 0. The summed E-state index contributed by atoms with van der Waals surface area (Å²) in [6.07, 6.45) is 0. The zero-order valence-electron chi connectivity index (χ0n) is 12.0. The number of halogens is 4. The molecule has 0 heterocycles. The van der Waals surface area contributed by atoms with Crippen LogP contribution < -0.4 is 0 Å². The van der Waals surface area contributed by atoms with Gasteiger partial charge in [0, 0.05) is 5.56 Å². The number of hydrogen-bond acceptors (Lipinski definition) is 1. The first-order chi connectivity index (χ1) is 8.76. The van der Waals surface area contributed by atoms with Gasteiger partial charge < -0.3 is 9.96 Å². The van der Waals surface area contributed by atoms with Crippen molar-refractivity contribution in [3.8, 4) is 0 Å². The predicted octanol–water partition coefficient (Wildman–Crippen LogP) is 5.64. The van der Waals surface area contributed by atoms with Crippen LogP contribution in [-0.2, 0) is 18.0 Å². The zero-order valence-corrected chi connectivity index (χ0v) is 17.7. The van der Waals surface area contributed by atoms with E-state index in [1.54, 1.807) is 0 Å². The molecule has 0 amide bonds. The van der Waals surface area contributed by atoms with Crippen molar-refractivity contribution in [2.75, 3.05) is 19.6 Å². The summed E-state index contributed by atoms with van der Waals surface area (Å²) in [4.78, 5) is 0. The normalized spacial score (nSPS) is 11.9. The molecule has 7 heteroatoms. The Labute approximate surface area is 141 Å². The molecule has 0 radical (unpaired) electrons. The maximum atomic E-state index is 5.03. The van der Waals surface area contributed by atoms with Crippen LogP contribution in [0.15, 0.2) is 30.3 Å². The first-order valence-electron chi connectivity index (χ1n) is 6.22. The van der Waals surface area contributed by atoms with Crippen molar-refractivity contribution in [3.05, 3.63) is 35.9 Å². The van der Waals surface area contributed by atoms with E-state index in [1.807, 2.05) is 0 Å². The van der Waals surface area contributed by atoms with Crippen LogP contribution in [-0.4, -0.2) is 29.6 Å². The molecule has 1 rings (SSSR count). The third kappa shape index (κ3) is 11.6. The second-order valence-corrected chi connectivity index (χ2v) is 27.8. The van der Waals surface area contributed by atoms with Gasteiger partial charge in [-0.2, -0.15) is 0 Å². The van der Waals surface area contributed by atoms with E-state index in [2.05, 4.69) is 51.1 Å². The van der Waals surface area contributed by atoms with Crippen LogP contribution in [0, 0.1) is 0 Å². The van der Waals surface area contributed by atoms with E-state index in [4.69, 9.17) is 38.1 Å². The van der Waals surface area contributed by atoms with Gasteiger partial charge in [0.05, 0.1) is 19.6 Å². The Morgan fingerprint density at radius 2 is 1.20 bits per heavy atom. The fourth-order valence-electron chi connectivity index (χ4n) is 1.98. The standard InChI is InChI=1S/C13H22N.4ClH.H2O.Re/c1-4-14(5-2,6-3)12-13-10-8-7-9-11-13;;;;;;/h7-11H,4-6,12H2,1-3H3;4*1H;1H2;/q+1;;;;;;+4/p-5. The van der Waals surface area contributed by atoms with E-state index in [-0.39, 0.29) is 5.48 Å². The summed E-state index contributed by atoms with van der Waals surface area (Å²) >= 11 is -3.22. The second kappa shape index (κ2) is 11.5. The molecule has 0 atom stereocenters. The van der Waals surface area contributed by atoms with Crippen LogP contribution in [0.5, 0.6) is 0 Å². The van der Waals surface area contributed by atoms with Gasteiger partial charge in [-0.15, -0.1) is 0 Å². The molecular formula is C13H23Cl4NORe. The minimum absolute atomic E-state index is 0. The van der Waals surface area contributed by atoms with Crippen molar-refractivity contribution in [3.63, 3.8) is 0 Å². The first-order valence-corrected chi connectivity index (χ1v) is 19.7. The van der Waals surface area contributed by atoms with Crippen LogP contribution in [0.1, 0.15) is 26.3 Å². The number of quaternary nitrogens is 1. The molecule has 0 bridgehead atoms.